The van der Waals surface area contributed by atoms with E-state index < -0.39 is 28.3 Å². The standard InChI is InChI=1S/C33H48O7S/c1-4-5-6-7-8-10-15-27-21-24-30(40-41(35,36)28-22-19-26(2)20-23-28)29(27)16-11-9-12-17-31(33(34)37-3)39-32-18-13-14-25-38-32/h4-5,9-11,15,19-20,22-23,27,29-32H,6-8,12-14,16-18,21,24-25H2,1-3H3/t27-,29+,30?,31?,32?/m0/s1. The number of allylic oxidation sites excluding steroid dienone is 6. The SMILES string of the molecule is CC=CCCCC=C[C@H]1CCC(OS(=O)(=O)c2ccc(C)cc2)[C@@H]1CC=CCCC(OC1CCCCO1)C(=O)OC. The molecule has 7 nitrogen and oxygen atoms in total. The molecule has 1 aliphatic carbocycles. The van der Waals surface area contributed by atoms with Gasteiger partial charge in [-0.3, -0.25) is 4.18 Å². The largest absolute Gasteiger partial charge is 0.467 e. The smallest absolute Gasteiger partial charge is 0.335 e. The van der Waals surface area contributed by atoms with Crippen LogP contribution in [0.25, 0.3) is 0 Å². The second-order valence-electron chi connectivity index (χ2n) is 11.0. The zero-order chi connectivity index (χ0) is 29.5. The van der Waals surface area contributed by atoms with Gasteiger partial charge in [0.15, 0.2) is 12.4 Å². The van der Waals surface area contributed by atoms with Gasteiger partial charge in [-0.2, -0.15) is 8.42 Å². The van der Waals surface area contributed by atoms with Gasteiger partial charge in [0, 0.05) is 6.61 Å². The first-order chi connectivity index (χ1) is 19.8. The van der Waals surface area contributed by atoms with Crippen molar-refractivity contribution in [1.29, 1.82) is 0 Å². The molecule has 1 saturated heterocycles. The summed E-state index contributed by atoms with van der Waals surface area (Å²) in [5.74, 6) is -0.103. The summed E-state index contributed by atoms with van der Waals surface area (Å²) in [6, 6.07) is 6.79. The number of carbonyl (C=O) groups is 1. The predicted octanol–water partition coefficient (Wildman–Crippen LogP) is 7.21. The van der Waals surface area contributed by atoms with Crippen molar-refractivity contribution in [3.8, 4) is 0 Å². The topological polar surface area (TPSA) is 88.1 Å². The van der Waals surface area contributed by atoms with Crippen molar-refractivity contribution >= 4 is 16.1 Å². The quantitative estimate of drug-likeness (QED) is 0.0873. The minimum absolute atomic E-state index is 0.0431. The van der Waals surface area contributed by atoms with E-state index in [0.29, 0.717) is 32.3 Å². The number of ether oxygens (including phenoxy) is 3. The molecule has 1 saturated carbocycles. The Labute approximate surface area is 247 Å². The van der Waals surface area contributed by atoms with Gasteiger partial charge in [-0.25, -0.2) is 4.79 Å². The van der Waals surface area contributed by atoms with Gasteiger partial charge in [-0.1, -0.05) is 54.2 Å². The average molecular weight is 589 g/mol. The fourth-order valence-corrected chi connectivity index (χ4v) is 6.60. The molecule has 3 rings (SSSR count). The summed E-state index contributed by atoms with van der Waals surface area (Å²) in [5.41, 5.74) is 0.999. The van der Waals surface area contributed by atoms with Gasteiger partial charge in [0.1, 0.15) is 0 Å². The van der Waals surface area contributed by atoms with E-state index in [1.807, 2.05) is 19.9 Å². The van der Waals surface area contributed by atoms with Gasteiger partial charge >= 0.3 is 5.97 Å². The fourth-order valence-electron chi connectivity index (χ4n) is 5.45. The van der Waals surface area contributed by atoms with Crippen LogP contribution in [0.4, 0.5) is 0 Å². The third kappa shape index (κ3) is 11.2. The maximum Gasteiger partial charge on any atom is 0.335 e. The first-order valence-corrected chi connectivity index (χ1v) is 16.5. The summed E-state index contributed by atoms with van der Waals surface area (Å²) in [5, 5.41) is 0. The van der Waals surface area contributed by atoms with Crippen molar-refractivity contribution in [3.63, 3.8) is 0 Å². The minimum Gasteiger partial charge on any atom is -0.467 e. The van der Waals surface area contributed by atoms with Crippen LogP contribution in [0, 0.1) is 18.8 Å². The maximum atomic E-state index is 13.1. The molecule has 2 aliphatic rings. The number of hydrogen-bond acceptors (Lipinski definition) is 7. The van der Waals surface area contributed by atoms with E-state index in [0.717, 1.165) is 50.5 Å². The number of carbonyl (C=O) groups excluding carboxylic acids is 1. The zero-order valence-electron chi connectivity index (χ0n) is 24.9. The summed E-state index contributed by atoms with van der Waals surface area (Å²) in [7, 11) is -2.49. The molecule has 1 heterocycles. The monoisotopic (exact) mass is 588 g/mol. The van der Waals surface area contributed by atoms with E-state index in [2.05, 4.69) is 30.4 Å². The van der Waals surface area contributed by atoms with Gasteiger partial charge in [0.05, 0.1) is 18.1 Å². The van der Waals surface area contributed by atoms with E-state index >= 15 is 0 Å². The lowest BCUT2D eigenvalue weighted by atomic mass is 9.90. The second kappa shape index (κ2) is 17.6. The third-order valence-electron chi connectivity index (χ3n) is 7.82. The van der Waals surface area contributed by atoms with Gasteiger partial charge in [-0.15, -0.1) is 0 Å². The molecule has 2 fully saturated rings. The second-order valence-corrected chi connectivity index (χ2v) is 12.5. The Hall–Kier alpha value is -2.26. The van der Waals surface area contributed by atoms with E-state index in [4.69, 9.17) is 18.4 Å². The zero-order valence-corrected chi connectivity index (χ0v) is 25.7. The molecule has 3 unspecified atom stereocenters. The number of benzene rings is 1. The highest BCUT2D eigenvalue weighted by Gasteiger charge is 2.38. The molecule has 41 heavy (non-hydrogen) atoms. The minimum atomic E-state index is -3.86. The Morgan fingerprint density at radius 1 is 1.02 bits per heavy atom. The van der Waals surface area contributed by atoms with E-state index in [1.165, 1.54) is 7.11 Å². The number of methoxy groups -OCH3 is 1. The van der Waals surface area contributed by atoms with Gasteiger partial charge < -0.3 is 14.2 Å². The summed E-state index contributed by atoms with van der Waals surface area (Å²) in [6.45, 7) is 4.61. The Morgan fingerprint density at radius 3 is 2.51 bits per heavy atom. The van der Waals surface area contributed by atoms with Crippen molar-refractivity contribution in [3.05, 3.63) is 66.3 Å². The molecular weight excluding hydrogens is 540 g/mol. The molecule has 0 aromatic heterocycles. The van der Waals surface area contributed by atoms with Crippen LogP contribution in [0.2, 0.25) is 0 Å². The van der Waals surface area contributed by atoms with Crippen LogP contribution in [0.5, 0.6) is 0 Å². The Balaban J connectivity index is 1.62. The molecule has 5 atom stereocenters. The lowest BCUT2D eigenvalue weighted by molar-refractivity contribution is -0.203. The van der Waals surface area contributed by atoms with Crippen LogP contribution in [0.1, 0.15) is 83.1 Å². The molecule has 0 amide bonds. The molecule has 0 bridgehead atoms. The highest BCUT2D eigenvalue weighted by Crippen LogP contribution is 2.39. The summed E-state index contributed by atoms with van der Waals surface area (Å²) >= 11 is 0. The first kappa shape index (κ1) is 33.2. The van der Waals surface area contributed by atoms with E-state index in [-0.39, 0.29) is 23.0 Å². The number of rotatable bonds is 16. The van der Waals surface area contributed by atoms with Crippen molar-refractivity contribution in [2.24, 2.45) is 11.8 Å². The van der Waals surface area contributed by atoms with E-state index in [9.17, 15) is 13.2 Å². The highest BCUT2D eigenvalue weighted by molar-refractivity contribution is 7.86. The number of hydrogen-bond donors (Lipinski definition) is 0. The molecule has 0 radical (unpaired) electrons. The lowest BCUT2D eigenvalue weighted by Crippen LogP contribution is -2.33. The van der Waals surface area contributed by atoms with Crippen LogP contribution in [0.3, 0.4) is 0 Å². The third-order valence-corrected chi connectivity index (χ3v) is 9.17. The lowest BCUT2D eigenvalue weighted by Gasteiger charge is -2.26. The molecule has 1 aromatic rings. The van der Waals surface area contributed by atoms with Crippen LogP contribution in [-0.4, -0.2) is 46.6 Å². The number of unbranched alkanes of at least 4 members (excludes halogenated alkanes) is 2. The van der Waals surface area contributed by atoms with Gasteiger partial charge in [0.2, 0.25) is 0 Å². The molecule has 0 spiro atoms. The van der Waals surface area contributed by atoms with Crippen LogP contribution >= 0.6 is 0 Å². The molecule has 0 N–H and O–H groups in total. The van der Waals surface area contributed by atoms with Crippen molar-refractivity contribution in [2.45, 2.75) is 108 Å². The number of aryl methyl sites for hydroxylation is 1. The highest BCUT2D eigenvalue weighted by atomic mass is 32.2. The first-order valence-electron chi connectivity index (χ1n) is 15.1. The van der Waals surface area contributed by atoms with Crippen molar-refractivity contribution in [1.82, 2.24) is 0 Å². The predicted molar refractivity (Wildman–Crippen MR) is 161 cm³/mol. The van der Waals surface area contributed by atoms with Crippen molar-refractivity contribution in [2.75, 3.05) is 13.7 Å². The van der Waals surface area contributed by atoms with Crippen LogP contribution in [-0.2, 0) is 33.3 Å². The van der Waals surface area contributed by atoms with E-state index in [1.54, 1.807) is 24.3 Å². The van der Waals surface area contributed by atoms with Crippen molar-refractivity contribution < 1.29 is 31.6 Å². The summed E-state index contributed by atoms with van der Waals surface area (Å²) in [4.78, 5) is 12.5. The Kier molecular flexibility index (Phi) is 14.3. The van der Waals surface area contributed by atoms with Crippen LogP contribution < -0.4 is 0 Å². The molecular formula is C33H48O7S. The summed E-state index contributed by atoms with van der Waals surface area (Å²) < 4.78 is 48.5. The molecule has 1 aromatic carbocycles. The van der Waals surface area contributed by atoms with Gasteiger partial charge in [-0.05, 0) is 108 Å². The van der Waals surface area contributed by atoms with Gasteiger partial charge in [0.25, 0.3) is 10.1 Å². The molecule has 228 valence electrons. The Morgan fingerprint density at radius 2 is 1.80 bits per heavy atom. The molecule has 1 aliphatic heterocycles. The Bertz CT molecular complexity index is 1100. The normalized spacial score (nSPS) is 24.5. The fraction of sp³-hybridized carbons (Fsp3) is 0.606. The van der Waals surface area contributed by atoms with Crippen LogP contribution in [0.15, 0.2) is 65.6 Å². The maximum absolute atomic E-state index is 13.1. The average Bonchev–Trinajstić information content (AvgIpc) is 3.34. The number of esters is 1. The molecule has 8 heteroatoms. The summed E-state index contributed by atoms with van der Waals surface area (Å²) in [6.07, 6.45) is 20.8.